The van der Waals surface area contributed by atoms with E-state index < -0.39 is 0 Å². The van der Waals surface area contributed by atoms with Gasteiger partial charge in [-0.25, -0.2) is 9.67 Å². The average Bonchev–Trinajstić information content (AvgIpc) is 3.27. The number of carbonyl (C=O) groups excluding carboxylic acids is 1. The third-order valence-electron chi connectivity index (χ3n) is 5.04. The summed E-state index contributed by atoms with van der Waals surface area (Å²) >= 11 is 0. The second-order valence-corrected chi connectivity index (χ2v) is 7.03. The highest BCUT2D eigenvalue weighted by molar-refractivity contribution is 5.79. The number of nitrogens with zero attached hydrogens (tertiary/aromatic N) is 4. The van der Waals surface area contributed by atoms with Crippen molar-refractivity contribution < 1.29 is 4.79 Å². The molecule has 0 aliphatic rings. The Morgan fingerprint density at radius 3 is 2.68 bits per heavy atom. The molecular weight excluding hydrogens is 350 g/mol. The van der Waals surface area contributed by atoms with E-state index in [2.05, 4.69) is 15.4 Å². The lowest BCUT2D eigenvalue weighted by Crippen LogP contribution is -2.28. The molecule has 4 aromatic rings. The first kappa shape index (κ1) is 18.0. The van der Waals surface area contributed by atoms with E-state index in [0.717, 1.165) is 33.8 Å². The molecule has 1 atom stereocenters. The summed E-state index contributed by atoms with van der Waals surface area (Å²) in [4.78, 5) is 17.1. The van der Waals surface area contributed by atoms with E-state index in [1.165, 1.54) is 0 Å². The first-order chi connectivity index (χ1) is 13.5. The van der Waals surface area contributed by atoms with Crippen LogP contribution in [0.3, 0.4) is 0 Å². The van der Waals surface area contributed by atoms with Gasteiger partial charge >= 0.3 is 0 Å². The SMILES string of the molecule is Cc1cccn2c(CC(=O)N[C@@H](C)c3cnn(-c4ccccc4)c3C)cnc12. The molecule has 28 heavy (non-hydrogen) atoms. The molecule has 0 fully saturated rings. The summed E-state index contributed by atoms with van der Waals surface area (Å²) in [6, 6.07) is 13.8. The Balaban J connectivity index is 1.49. The molecule has 1 N–H and O–H groups in total. The minimum Gasteiger partial charge on any atom is -0.349 e. The monoisotopic (exact) mass is 373 g/mol. The molecule has 6 heteroatoms. The summed E-state index contributed by atoms with van der Waals surface area (Å²) in [5.41, 5.74) is 5.88. The molecule has 0 saturated heterocycles. The second kappa shape index (κ2) is 7.31. The van der Waals surface area contributed by atoms with Crippen LogP contribution < -0.4 is 5.32 Å². The normalized spacial score (nSPS) is 12.2. The quantitative estimate of drug-likeness (QED) is 0.582. The number of hydrogen-bond donors (Lipinski definition) is 1. The zero-order valence-electron chi connectivity index (χ0n) is 16.3. The fourth-order valence-electron chi connectivity index (χ4n) is 3.54. The maximum absolute atomic E-state index is 12.6. The van der Waals surface area contributed by atoms with Crippen molar-refractivity contribution >= 4 is 11.6 Å². The van der Waals surface area contributed by atoms with Crippen molar-refractivity contribution in [2.24, 2.45) is 0 Å². The molecule has 3 aromatic heterocycles. The highest BCUT2D eigenvalue weighted by atomic mass is 16.1. The van der Waals surface area contributed by atoms with Crippen molar-refractivity contribution in [1.29, 1.82) is 0 Å². The number of para-hydroxylation sites is 1. The number of aryl methyl sites for hydroxylation is 1. The summed E-state index contributed by atoms with van der Waals surface area (Å²) in [6.45, 7) is 6.02. The number of pyridine rings is 1. The summed E-state index contributed by atoms with van der Waals surface area (Å²) in [7, 11) is 0. The molecule has 142 valence electrons. The molecule has 0 radical (unpaired) electrons. The van der Waals surface area contributed by atoms with Gasteiger partial charge in [-0.1, -0.05) is 24.3 Å². The lowest BCUT2D eigenvalue weighted by atomic mass is 10.1. The highest BCUT2D eigenvalue weighted by Gasteiger charge is 2.17. The van der Waals surface area contributed by atoms with Gasteiger partial charge < -0.3 is 9.72 Å². The van der Waals surface area contributed by atoms with E-state index in [1.807, 2.05) is 84.7 Å². The van der Waals surface area contributed by atoms with Gasteiger partial charge in [0.2, 0.25) is 5.91 Å². The van der Waals surface area contributed by atoms with Gasteiger partial charge in [-0.05, 0) is 44.5 Å². The lowest BCUT2D eigenvalue weighted by Gasteiger charge is -2.14. The summed E-state index contributed by atoms with van der Waals surface area (Å²) in [6.07, 6.45) is 5.81. The van der Waals surface area contributed by atoms with E-state index >= 15 is 0 Å². The van der Waals surface area contributed by atoms with E-state index in [1.54, 1.807) is 6.20 Å². The highest BCUT2D eigenvalue weighted by Crippen LogP contribution is 2.20. The van der Waals surface area contributed by atoms with Crippen LogP contribution in [0.25, 0.3) is 11.3 Å². The molecule has 0 unspecified atom stereocenters. The zero-order chi connectivity index (χ0) is 19.7. The van der Waals surface area contributed by atoms with E-state index in [4.69, 9.17) is 0 Å². The molecule has 0 spiro atoms. The molecule has 0 bridgehead atoms. The van der Waals surface area contributed by atoms with Gasteiger partial charge in [0.25, 0.3) is 0 Å². The van der Waals surface area contributed by atoms with Crippen LogP contribution in [0.1, 0.15) is 35.5 Å². The molecule has 0 aliphatic carbocycles. The molecule has 4 rings (SSSR count). The van der Waals surface area contributed by atoms with Crippen LogP contribution in [0.2, 0.25) is 0 Å². The van der Waals surface area contributed by atoms with Crippen LogP contribution in [-0.2, 0) is 11.2 Å². The molecule has 1 aromatic carbocycles. The van der Waals surface area contributed by atoms with Gasteiger partial charge in [-0.2, -0.15) is 5.10 Å². The van der Waals surface area contributed by atoms with E-state index in [-0.39, 0.29) is 18.4 Å². The number of carbonyl (C=O) groups is 1. The summed E-state index contributed by atoms with van der Waals surface area (Å²) in [5.74, 6) is -0.0392. The van der Waals surface area contributed by atoms with Crippen molar-refractivity contribution in [3.63, 3.8) is 0 Å². The maximum Gasteiger partial charge on any atom is 0.226 e. The van der Waals surface area contributed by atoms with Crippen LogP contribution in [0.5, 0.6) is 0 Å². The standard InChI is InChI=1S/C22H23N5O/c1-15-8-7-11-26-19(13-23-22(15)26)12-21(28)25-16(2)20-14-24-27(17(20)3)18-9-5-4-6-10-18/h4-11,13-14,16H,12H2,1-3H3,(H,25,28)/t16-/m0/s1. The summed E-state index contributed by atoms with van der Waals surface area (Å²) < 4.78 is 3.86. The minimum absolute atomic E-state index is 0.0392. The van der Waals surface area contributed by atoms with Crippen LogP contribution in [-0.4, -0.2) is 25.1 Å². The van der Waals surface area contributed by atoms with Crippen molar-refractivity contribution in [2.45, 2.75) is 33.2 Å². The Labute approximate surface area is 163 Å². The maximum atomic E-state index is 12.6. The third kappa shape index (κ3) is 3.29. The van der Waals surface area contributed by atoms with Crippen LogP contribution in [0.15, 0.2) is 61.1 Å². The van der Waals surface area contributed by atoms with Crippen molar-refractivity contribution in [1.82, 2.24) is 24.5 Å². The Morgan fingerprint density at radius 2 is 1.89 bits per heavy atom. The number of imidazole rings is 1. The van der Waals surface area contributed by atoms with Crippen LogP contribution >= 0.6 is 0 Å². The fraction of sp³-hybridized carbons (Fsp3) is 0.227. The summed E-state index contributed by atoms with van der Waals surface area (Å²) in [5, 5.41) is 7.58. The van der Waals surface area contributed by atoms with Crippen molar-refractivity contribution in [3.05, 3.63) is 83.6 Å². The molecule has 1 amide bonds. The first-order valence-electron chi connectivity index (χ1n) is 9.35. The predicted octanol–water partition coefficient (Wildman–Crippen LogP) is 3.56. The number of fused-ring (bicyclic) bond motifs is 1. The number of aromatic nitrogens is 4. The van der Waals surface area contributed by atoms with Crippen LogP contribution in [0, 0.1) is 13.8 Å². The van der Waals surface area contributed by atoms with Crippen molar-refractivity contribution in [2.75, 3.05) is 0 Å². The Kier molecular flexibility index (Phi) is 4.69. The topological polar surface area (TPSA) is 64.2 Å². The van der Waals surface area contributed by atoms with Gasteiger partial charge in [0.15, 0.2) is 0 Å². The van der Waals surface area contributed by atoms with Gasteiger partial charge in [0.05, 0.1) is 30.0 Å². The molecule has 0 saturated carbocycles. The third-order valence-corrected chi connectivity index (χ3v) is 5.04. The van der Waals surface area contributed by atoms with Gasteiger partial charge in [0.1, 0.15) is 5.65 Å². The van der Waals surface area contributed by atoms with Crippen molar-refractivity contribution in [3.8, 4) is 5.69 Å². The molecule has 3 heterocycles. The lowest BCUT2D eigenvalue weighted by molar-refractivity contribution is -0.121. The average molecular weight is 373 g/mol. The van der Waals surface area contributed by atoms with E-state index in [9.17, 15) is 4.79 Å². The smallest absolute Gasteiger partial charge is 0.226 e. The zero-order valence-corrected chi connectivity index (χ0v) is 16.3. The number of rotatable bonds is 5. The number of nitrogens with one attached hydrogen (secondary N) is 1. The number of benzene rings is 1. The van der Waals surface area contributed by atoms with Gasteiger partial charge in [-0.3, -0.25) is 4.79 Å². The van der Waals surface area contributed by atoms with E-state index in [0.29, 0.717) is 0 Å². The Hall–Kier alpha value is -3.41. The minimum atomic E-state index is -0.133. The Morgan fingerprint density at radius 1 is 1.11 bits per heavy atom. The van der Waals surface area contributed by atoms with Gasteiger partial charge in [-0.15, -0.1) is 0 Å². The molecule has 6 nitrogen and oxygen atoms in total. The number of amides is 1. The van der Waals surface area contributed by atoms with Crippen LogP contribution in [0.4, 0.5) is 0 Å². The number of hydrogen-bond acceptors (Lipinski definition) is 3. The predicted molar refractivity (Wildman–Crippen MR) is 108 cm³/mol. The largest absolute Gasteiger partial charge is 0.349 e. The first-order valence-corrected chi connectivity index (χ1v) is 9.35. The van der Waals surface area contributed by atoms with Gasteiger partial charge in [0, 0.05) is 23.7 Å². The Bertz CT molecular complexity index is 1130. The molecular formula is C22H23N5O. The molecule has 0 aliphatic heterocycles. The fourth-order valence-corrected chi connectivity index (χ4v) is 3.54. The second-order valence-electron chi connectivity index (χ2n) is 7.03.